The molecule has 10 nitrogen and oxygen atoms in total. The average Bonchev–Trinajstić information content (AvgIpc) is 2.85. The molecule has 0 fully saturated rings. The summed E-state index contributed by atoms with van der Waals surface area (Å²) in [6, 6.07) is 11.5. The van der Waals surface area contributed by atoms with Crippen molar-refractivity contribution >= 4 is 50.2 Å². The van der Waals surface area contributed by atoms with E-state index in [1.165, 1.54) is 0 Å². The Bertz CT molecular complexity index is 1120. The second kappa shape index (κ2) is 15.6. The molecule has 1 rings (SSSR count). The summed E-state index contributed by atoms with van der Waals surface area (Å²) in [5.74, 6) is -1.21. The maximum atomic E-state index is 13.5. The van der Waals surface area contributed by atoms with Crippen LogP contribution in [0.25, 0.3) is 0 Å². The van der Waals surface area contributed by atoms with Gasteiger partial charge in [-0.3, -0.25) is 9.59 Å². The van der Waals surface area contributed by atoms with Crippen molar-refractivity contribution in [1.82, 2.24) is 5.32 Å². The lowest BCUT2D eigenvalue weighted by Gasteiger charge is -2.34. The zero-order chi connectivity index (χ0) is 29.7. The van der Waals surface area contributed by atoms with Gasteiger partial charge in [0, 0.05) is 31.7 Å². The number of esters is 1. The highest BCUT2D eigenvalue weighted by Gasteiger charge is 2.44. The fraction of sp³-hybridized carbons (Fsp3) is 0.615. The van der Waals surface area contributed by atoms with Gasteiger partial charge in [0.1, 0.15) is 17.9 Å². The Balaban J connectivity index is 3.01. The Morgan fingerprint density at radius 2 is 1.87 bits per heavy atom. The number of hydrogen-bond donors (Lipinski definition) is 2. The molecule has 39 heavy (non-hydrogen) atoms. The molecule has 218 valence electrons. The predicted octanol–water partition coefficient (Wildman–Crippen LogP) is 2.18. The van der Waals surface area contributed by atoms with Gasteiger partial charge in [-0.05, 0) is 32.3 Å². The van der Waals surface area contributed by atoms with Crippen LogP contribution in [-0.4, -0.2) is 90.9 Å². The van der Waals surface area contributed by atoms with Gasteiger partial charge < -0.3 is 24.8 Å². The lowest BCUT2D eigenvalue weighted by molar-refractivity contribution is -0.890. The fourth-order valence-electron chi connectivity index (χ4n) is 3.92. The number of nitrogens with one attached hydrogen (secondary N) is 1. The molecule has 0 aliphatic carbocycles. The number of thioether (sulfide) groups is 1. The van der Waals surface area contributed by atoms with Gasteiger partial charge in [-0.15, -0.1) is 0 Å². The third kappa shape index (κ3) is 13.7. The number of likely N-dealkylation sites (N-methyl/N-ethyl adjacent to an activating group) is 1. The first kappa shape index (κ1) is 34.9. The van der Waals surface area contributed by atoms with Crippen molar-refractivity contribution in [2.45, 2.75) is 44.3 Å². The Morgan fingerprint density at radius 1 is 1.23 bits per heavy atom. The summed E-state index contributed by atoms with van der Waals surface area (Å²) in [6.07, 6.45) is 0.629. The zero-order valence-corrected chi connectivity index (χ0v) is 25.6. The standard InChI is InChI=1S/C26H40N4O6S3/c1-25(20-28,12-11-22(31)29-14-13-27)19-26(2,38-23(37)21-9-6-5-7-10-21)24(32)36-17-16-30(3,4)15-8-18-39(33,34)35/h5-7,9-10H,8,11-19,27H2,1-4H3,(H-,29,31,33,34,35). The summed E-state index contributed by atoms with van der Waals surface area (Å²) in [5, 5.41) is 12.7. The highest BCUT2D eigenvalue weighted by molar-refractivity contribution is 8.25. The quantitative estimate of drug-likeness (QED) is 0.117. The largest absolute Gasteiger partial charge is 0.748 e. The second-order valence-corrected chi connectivity index (χ2v) is 14.3. The van der Waals surface area contributed by atoms with Crippen molar-refractivity contribution in [2.24, 2.45) is 11.1 Å². The van der Waals surface area contributed by atoms with Crippen LogP contribution in [0.1, 0.15) is 45.1 Å². The van der Waals surface area contributed by atoms with Gasteiger partial charge in [0.2, 0.25) is 5.91 Å². The van der Waals surface area contributed by atoms with Crippen LogP contribution in [-0.2, 0) is 24.4 Å². The molecular weight excluding hydrogens is 561 g/mol. The number of rotatable bonds is 17. The molecule has 0 aromatic heterocycles. The second-order valence-electron chi connectivity index (χ2n) is 10.6. The van der Waals surface area contributed by atoms with Gasteiger partial charge >= 0.3 is 5.97 Å². The molecule has 2 unspecified atom stereocenters. The third-order valence-corrected chi connectivity index (χ3v) is 8.67. The molecule has 0 heterocycles. The van der Waals surface area contributed by atoms with Gasteiger partial charge in [0.15, 0.2) is 0 Å². The van der Waals surface area contributed by atoms with Crippen LogP contribution in [0.15, 0.2) is 30.3 Å². The number of benzene rings is 1. The smallest absolute Gasteiger partial charge is 0.322 e. The normalized spacial score (nSPS) is 14.9. The van der Waals surface area contributed by atoms with E-state index in [1.54, 1.807) is 13.8 Å². The van der Waals surface area contributed by atoms with Crippen molar-refractivity contribution in [3.05, 3.63) is 35.9 Å². The molecule has 0 radical (unpaired) electrons. The highest BCUT2D eigenvalue weighted by Crippen LogP contribution is 2.42. The van der Waals surface area contributed by atoms with Crippen molar-refractivity contribution in [3.8, 4) is 6.07 Å². The zero-order valence-electron chi connectivity index (χ0n) is 23.1. The molecule has 1 aromatic carbocycles. The lowest BCUT2D eigenvalue weighted by Crippen LogP contribution is -2.45. The topological polar surface area (TPSA) is 162 Å². The molecule has 1 aromatic rings. The van der Waals surface area contributed by atoms with E-state index in [0.29, 0.717) is 34.9 Å². The first-order valence-electron chi connectivity index (χ1n) is 12.6. The van der Waals surface area contributed by atoms with Crippen LogP contribution < -0.4 is 11.1 Å². The maximum absolute atomic E-state index is 13.5. The monoisotopic (exact) mass is 600 g/mol. The van der Waals surface area contributed by atoms with Gasteiger partial charge in [0.25, 0.3) is 0 Å². The van der Waals surface area contributed by atoms with Crippen LogP contribution in [0.2, 0.25) is 0 Å². The summed E-state index contributed by atoms with van der Waals surface area (Å²) in [6.45, 7) is 4.92. The van der Waals surface area contributed by atoms with Crippen LogP contribution >= 0.6 is 24.0 Å². The summed E-state index contributed by atoms with van der Waals surface area (Å²) < 4.78 is 38.0. The van der Waals surface area contributed by atoms with Gasteiger partial charge in [-0.2, -0.15) is 5.26 Å². The molecule has 0 bridgehead atoms. The van der Waals surface area contributed by atoms with E-state index in [9.17, 15) is 27.8 Å². The third-order valence-electron chi connectivity index (χ3n) is 6.21. The molecule has 13 heteroatoms. The molecule has 0 aliphatic heterocycles. The van der Waals surface area contributed by atoms with E-state index >= 15 is 0 Å². The first-order chi connectivity index (χ1) is 18.0. The SMILES string of the molecule is CC(C#N)(CCC(=O)NCCN)CC(C)(SC(=S)c1ccccc1)C(=O)OCC[N+](C)(C)CCCS(=O)(=O)[O-]. The van der Waals surface area contributed by atoms with E-state index in [1.807, 2.05) is 44.4 Å². The Morgan fingerprint density at radius 3 is 2.44 bits per heavy atom. The first-order valence-corrected chi connectivity index (χ1v) is 15.4. The van der Waals surface area contributed by atoms with Crippen molar-refractivity contribution in [3.63, 3.8) is 0 Å². The van der Waals surface area contributed by atoms with E-state index in [2.05, 4.69) is 11.4 Å². The number of nitrogens with zero attached hydrogens (tertiary/aromatic N) is 2. The molecule has 1 amide bonds. The maximum Gasteiger partial charge on any atom is 0.322 e. The van der Waals surface area contributed by atoms with Crippen LogP contribution in [0.5, 0.6) is 0 Å². The number of nitrogens with two attached hydrogens (primary N) is 1. The number of carbonyl (C=O) groups excluding carboxylic acids is 2. The van der Waals surface area contributed by atoms with Crippen LogP contribution in [0, 0.1) is 16.7 Å². The summed E-state index contributed by atoms with van der Waals surface area (Å²) >= 11 is 6.79. The Labute approximate surface area is 242 Å². The van der Waals surface area contributed by atoms with Gasteiger partial charge in [-0.25, -0.2) is 8.42 Å². The molecule has 0 saturated heterocycles. The van der Waals surface area contributed by atoms with E-state index in [0.717, 1.165) is 17.3 Å². The number of quaternary nitrogens is 1. The van der Waals surface area contributed by atoms with Crippen molar-refractivity contribution in [1.29, 1.82) is 5.26 Å². The van der Waals surface area contributed by atoms with Crippen LogP contribution in [0.3, 0.4) is 0 Å². The lowest BCUT2D eigenvalue weighted by atomic mass is 9.78. The van der Waals surface area contributed by atoms with Gasteiger partial charge in [0.05, 0.1) is 46.4 Å². The van der Waals surface area contributed by atoms with E-state index < -0.39 is 32.0 Å². The highest BCUT2D eigenvalue weighted by atomic mass is 32.2. The molecule has 0 saturated carbocycles. The molecule has 0 spiro atoms. The van der Waals surface area contributed by atoms with Crippen LogP contribution in [0.4, 0.5) is 0 Å². The molecule has 0 aliphatic rings. The van der Waals surface area contributed by atoms with Crippen molar-refractivity contribution in [2.75, 3.05) is 52.6 Å². The Kier molecular flexibility index (Phi) is 14.0. The molecular formula is C26H40N4O6S3. The van der Waals surface area contributed by atoms with E-state index in [4.69, 9.17) is 22.7 Å². The number of carbonyl (C=O) groups is 2. The number of hydrogen-bond acceptors (Lipinski definition) is 10. The number of thiocarbonyl (C=S) groups is 1. The Hall–Kier alpha value is -2.08. The summed E-state index contributed by atoms with van der Waals surface area (Å²) in [5.41, 5.74) is 5.18. The molecule has 3 N–H and O–H groups in total. The minimum Gasteiger partial charge on any atom is -0.748 e. The van der Waals surface area contributed by atoms with Gasteiger partial charge in [-0.1, -0.05) is 54.3 Å². The predicted molar refractivity (Wildman–Crippen MR) is 156 cm³/mol. The number of ether oxygens (including phenoxy) is 1. The van der Waals surface area contributed by atoms with Crippen molar-refractivity contribution < 1.29 is 31.8 Å². The number of nitriles is 1. The molecule has 2 atom stereocenters. The average molecular weight is 601 g/mol. The summed E-state index contributed by atoms with van der Waals surface area (Å²) in [4.78, 5) is 25.6. The number of amides is 1. The van der Waals surface area contributed by atoms with E-state index in [-0.39, 0.29) is 38.2 Å². The fourth-order valence-corrected chi connectivity index (χ4v) is 6.29. The minimum absolute atomic E-state index is 0.0506. The summed E-state index contributed by atoms with van der Waals surface area (Å²) in [7, 11) is -0.580. The minimum atomic E-state index is -4.29.